The van der Waals surface area contributed by atoms with Gasteiger partial charge in [-0.05, 0) is 40.0 Å². The highest BCUT2D eigenvalue weighted by atomic mass is 79.9. The fourth-order valence-corrected chi connectivity index (χ4v) is 1.92. The highest BCUT2D eigenvalue weighted by molar-refractivity contribution is 9.10. The Morgan fingerprint density at radius 2 is 2.26 bits per heavy atom. The number of hydrogen-bond acceptors (Lipinski definition) is 4. The maximum absolute atomic E-state index is 11.9. The van der Waals surface area contributed by atoms with Crippen LogP contribution in [0.5, 0.6) is 0 Å². The van der Waals surface area contributed by atoms with Gasteiger partial charge in [-0.2, -0.15) is 0 Å². The van der Waals surface area contributed by atoms with Crippen molar-refractivity contribution in [3.05, 3.63) is 52.4 Å². The van der Waals surface area contributed by atoms with Crippen molar-refractivity contribution < 1.29 is 4.79 Å². The summed E-state index contributed by atoms with van der Waals surface area (Å²) in [6.45, 7) is 0.524. The zero-order valence-corrected chi connectivity index (χ0v) is 11.7. The van der Waals surface area contributed by atoms with Gasteiger partial charge in [-0.15, -0.1) is 0 Å². The number of nitrogens with zero attached hydrogens (tertiary/aromatic N) is 2. The zero-order valence-electron chi connectivity index (χ0n) is 10.1. The molecule has 0 saturated heterocycles. The lowest BCUT2D eigenvalue weighted by Gasteiger charge is -2.07. The first kappa shape index (κ1) is 13.5. The summed E-state index contributed by atoms with van der Waals surface area (Å²) in [6, 6.07) is 5.49. The van der Waals surface area contributed by atoms with Crippen LogP contribution in [0, 0.1) is 0 Å². The lowest BCUT2D eigenvalue weighted by molar-refractivity contribution is 0.0954. The van der Waals surface area contributed by atoms with E-state index >= 15 is 0 Å². The molecule has 5 nitrogen and oxygen atoms in total. The van der Waals surface area contributed by atoms with E-state index in [4.69, 9.17) is 5.73 Å². The van der Waals surface area contributed by atoms with Gasteiger partial charge in [0, 0.05) is 29.6 Å². The van der Waals surface area contributed by atoms with Gasteiger partial charge in [0.2, 0.25) is 0 Å². The fraction of sp³-hybridized carbons (Fsp3) is 0.154. The van der Waals surface area contributed by atoms with Gasteiger partial charge >= 0.3 is 0 Å². The molecule has 0 aliphatic heterocycles. The van der Waals surface area contributed by atoms with Crippen molar-refractivity contribution in [2.24, 2.45) is 0 Å². The zero-order chi connectivity index (χ0) is 13.7. The Hall–Kier alpha value is -1.95. The summed E-state index contributed by atoms with van der Waals surface area (Å²) < 4.78 is 0.721. The normalized spacial score (nSPS) is 10.2. The number of nitrogen functional groups attached to an aromatic ring is 1. The van der Waals surface area contributed by atoms with Crippen molar-refractivity contribution in [2.45, 2.75) is 6.42 Å². The van der Waals surface area contributed by atoms with Gasteiger partial charge in [-0.25, -0.2) is 4.98 Å². The Balaban J connectivity index is 1.93. The SMILES string of the molecule is Nc1ncc(Br)cc1C(=O)NCCc1cccnc1. The van der Waals surface area contributed by atoms with Crippen molar-refractivity contribution in [2.75, 3.05) is 12.3 Å². The van der Waals surface area contributed by atoms with Gasteiger partial charge in [-0.1, -0.05) is 6.07 Å². The number of hydrogen-bond donors (Lipinski definition) is 2. The van der Waals surface area contributed by atoms with E-state index in [0.29, 0.717) is 12.1 Å². The topological polar surface area (TPSA) is 80.9 Å². The molecule has 2 aromatic heterocycles. The third-order valence-electron chi connectivity index (χ3n) is 2.55. The van der Waals surface area contributed by atoms with E-state index < -0.39 is 0 Å². The minimum atomic E-state index is -0.227. The van der Waals surface area contributed by atoms with Crippen LogP contribution in [0.15, 0.2) is 41.3 Å². The third kappa shape index (κ3) is 3.75. The number of halogens is 1. The van der Waals surface area contributed by atoms with E-state index in [1.165, 1.54) is 0 Å². The van der Waals surface area contributed by atoms with Gasteiger partial charge in [0.1, 0.15) is 5.82 Å². The number of carbonyl (C=O) groups is 1. The maximum Gasteiger partial charge on any atom is 0.255 e. The smallest absolute Gasteiger partial charge is 0.255 e. The van der Waals surface area contributed by atoms with E-state index in [1.54, 1.807) is 24.7 Å². The molecule has 0 saturated carbocycles. The fourth-order valence-electron chi connectivity index (χ4n) is 1.59. The highest BCUT2D eigenvalue weighted by Gasteiger charge is 2.10. The van der Waals surface area contributed by atoms with Gasteiger partial charge < -0.3 is 11.1 Å². The Bertz CT molecular complexity index is 574. The van der Waals surface area contributed by atoms with Gasteiger partial charge in [0.15, 0.2) is 0 Å². The lowest BCUT2D eigenvalue weighted by atomic mass is 10.2. The van der Waals surface area contributed by atoms with Crippen molar-refractivity contribution >= 4 is 27.7 Å². The molecule has 0 spiro atoms. The standard InChI is InChI=1S/C13H13BrN4O/c14-10-6-11(12(15)18-8-10)13(19)17-5-3-9-2-1-4-16-7-9/h1-2,4,6-8H,3,5H2,(H2,15,18)(H,17,19). The number of nitrogens with two attached hydrogens (primary N) is 1. The Kier molecular flexibility index (Phi) is 4.46. The average molecular weight is 321 g/mol. The summed E-state index contributed by atoms with van der Waals surface area (Å²) >= 11 is 3.26. The summed E-state index contributed by atoms with van der Waals surface area (Å²) in [5, 5.41) is 2.81. The molecule has 0 aliphatic rings. The maximum atomic E-state index is 11.9. The minimum absolute atomic E-state index is 0.224. The molecule has 3 N–H and O–H groups in total. The van der Waals surface area contributed by atoms with Crippen LogP contribution in [0.2, 0.25) is 0 Å². The van der Waals surface area contributed by atoms with E-state index in [1.807, 2.05) is 12.1 Å². The van der Waals surface area contributed by atoms with Crippen LogP contribution in [-0.4, -0.2) is 22.4 Å². The second kappa shape index (κ2) is 6.29. The third-order valence-corrected chi connectivity index (χ3v) is 2.99. The molecule has 19 heavy (non-hydrogen) atoms. The summed E-state index contributed by atoms with van der Waals surface area (Å²) in [5.41, 5.74) is 7.12. The molecule has 0 bridgehead atoms. The molecule has 0 radical (unpaired) electrons. The van der Waals surface area contributed by atoms with E-state index in [0.717, 1.165) is 16.5 Å². The van der Waals surface area contributed by atoms with Crippen molar-refractivity contribution in [3.8, 4) is 0 Å². The van der Waals surface area contributed by atoms with Crippen molar-refractivity contribution in [1.82, 2.24) is 15.3 Å². The highest BCUT2D eigenvalue weighted by Crippen LogP contribution is 2.15. The van der Waals surface area contributed by atoms with Gasteiger partial charge in [0.25, 0.3) is 5.91 Å². The molecular formula is C13H13BrN4O. The predicted molar refractivity (Wildman–Crippen MR) is 76.6 cm³/mol. The number of pyridine rings is 2. The Morgan fingerprint density at radius 3 is 3.00 bits per heavy atom. The first-order valence-corrected chi connectivity index (χ1v) is 6.54. The molecule has 2 aromatic rings. The average Bonchev–Trinajstić information content (AvgIpc) is 2.42. The second-order valence-corrected chi connectivity index (χ2v) is 4.87. The van der Waals surface area contributed by atoms with Crippen LogP contribution in [0.3, 0.4) is 0 Å². The van der Waals surface area contributed by atoms with Crippen LogP contribution < -0.4 is 11.1 Å². The van der Waals surface area contributed by atoms with Crippen LogP contribution in [0.4, 0.5) is 5.82 Å². The number of aromatic nitrogens is 2. The molecular weight excluding hydrogens is 308 g/mol. The van der Waals surface area contributed by atoms with Crippen LogP contribution in [0.1, 0.15) is 15.9 Å². The number of anilines is 1. The molecule has 1 amide bonds. The molecule has 0 unspecified atom stereocenters. The number of amides is 1. The Morgan fingerprint density at radius 1 is 1.42 bits per heavy atom. The molecule has 0 aromatic carbocycles. The number of carbonyl (C=O) groups excluding carboxylic acids is 1. The lowest BCUT2D eigenvalue weighted by Crippen LogP contribution is -2.26. The predicted octanol–water partition coefficient (Wildman–Crippen LogP) is 1.79. The number of nitrogens with one attached hydrogen (secondary N) is 1. The minimum Gasteiger partial charge on any atom is -0.383 e. The van der Waals surface area contributed by atoms with Crippen LogP contribution in [0.25, 0.3) is 0 Å². The largest absolute Gasteiger partial charge is 0.383 e. The quantitative estimate of drug-likeness (QED) is 0.900. The molecule has 0 aliphatic carbocycles. The first-order chi connectivity index (χ1) is 9.16. The molecule has 2 rings (SSSR count). The first-order valence-electron chi connectivity index (χ1n) is 5.75. The van der Waals surface area contributed by atoms with Crippen LogP contribution in [-0.2, 0) is 6.42 Å². The molecule has 6 heteroatoms. The molecule has 2 heterocycles. The second-order valence-electron chi connectivity index (χ2n) is 3.95. The van der Waals surface area contributed by atoms with E-state index in [9.17, 15) is 4.79 Å². The van der Waals surface area contributed by atoms with Crippen molar-refractivity contribution in [1.29, 1.82) is 0 Å². The summed E-state index contributed by atoms with van der Waals surface area (Å²) in [4.78, 5) is 19.9. The number of rotatable bonds is 4. The monoisotopic (exact) mass is 320 g/mol. The van der Waals surface area contributed by atoms with Gasteiger partial charge in [0.05, 0.1) is 5.56 Å². The summed E-state index contributed by atoms with van der Waals surface area (Å²) in [5.74, 6) is -0.00253. The molecule has 0 fully saturated rings. The van der Waals surface area contributed by atoms with Crippen molar-refractivity contribution in [3.63, 3.8) is 0 Å². The molecule has 98 valence electrons. The Labute approximate surface area is 119 Å². The van der Waals surface area contributed by atoms with Gasteiger partial charge in [-0.3, -0.25) is 9.78 Å². The summed E-state index contributed by atoms with van der Waals surface area (Å²) in [7, 11) is 0. The summed E-state index contributed by atoms with van der Waals surface area (Å²) in [6.07, 6.45) is 5.78. The van der Waals surface area contributed by atoms with E-state index in [-0.39, 0.29) is 11.7 Å². The molecule has 0 atom stereocenters. The van der Waals surface area contributed by atoms with Crippen LogP contribution >= 0.6 is 15.9 Å². The van der Waals surface area contributed by atoms with E-state index in [2.05, 4.69) is 31.2 Å².